The van der Waals surface area contributed by atoms with Gasteiger partial charge in [0.1, 0.15) is 0 Å². The summed E-state index contributed by atoms with van der Waals surface area (Å²) in [5, 5.41) is 3.44. The predicted molar refractivity (Wildman–Crippen MR) is 85.2 cm³/mol. The zero-order valence-electron chi connectivity index (χ0n) is 13.1. The minimum atomic E-state index is 0.590. The lowest BCUT2D eigenvalue weighted by molar-refractivity contribution is 0.328. The van der Waals surface area contributed by atoms with E-state index in [4.69, 9.17) is 0 Å². The lowest BCUT2D eigenvalue weighted by Gasteiger charge is -2.33. The second kappa shape index (κ2) is 7.60. The van der Waals surface area contributed by atoms with Gasteiger partial charge in [0.2, 0.25) is 0 Å². The maximum absolute atomic E-state index is 4.36. The summed E-state index contributed by atoms with van der Waals surface area (Å²) in [7, 11) is 2.23. The first-order valence-corrected chi connectivity index (χ1v) is 7.85. The highest BCUT2D eigenvalue weighted by molar-refractivity contribution is 5.52. The minimum Gasteiger partial charge on any atom is -0.366 e. The molecule has 4 nitrogen and oxygen atoms in total. The standard InChI is InChI=1S/C16H28N4/c1-4-15-13-19(3)9-6-10-20(15)16-12-18-8-7-14(16)11-17-5-2/h7-8,12,15,17H,4-6,9-11,13H2,1-3H3. The lowest BCUT2D eigenvalue weighted by Crippen LogP contribution is -2.40. The molecule has 1 atom stereocenters. The molecule has 1 aliphatic rings. The van der Waals surface area contributed by atoms with Crippen LogP contribution in [0.5, 0.6) is 0 Å². The largest absolute Gasteiger partial charge is 0.366 e. The van der Waals surface area contributed by atoms with E-state index in [0.717, 1.165) is 26.2 Å². The third-order valence-corrected chi connectivity index (χ3v) is 4.14. The minimum absolute atomic E-state index is 0.590. The Bertz CT molecular complexity index is 407. The fourth-order valence-electron chi connectivity index (χ4n) is 2.99. The maximum atomic E-state index is 4.36. The molecular weight excluding hydrogens is 248 g/mol. The SMILES string of the molecule is CCNCc1ccncc1N1CCCN(C)CC1CC. The van der Waals surface area contributed by atoms with Crippen LogP contribution in [-0.4, -0.2) is 49.2 Å². The number of likely N-dealkylation sites (N-methyl/N-ethyl adjacent to an activating group) is 1. The van der Waals surface area contributed by atoms with Crippen molar-refractivity contribution in [2.75, 3.05) is 38.1 Å². The summed E-state index contributed by atoms with van der Waals surface area (Å²) in [6.45, 7) is 9.84. The molecule has 0 saturated carbocycles. The Kier molecular flexibility index (Phi) is 5.80. The smallest absolute Gasteiger partial charge is 0.0601 e. The van der Waals surface area contributed by atoms with Crippen molar-refractivity contribution < 1.29 is 0 Å². The highest BCUT2D eigenvalue weighted by atomic mass is 15.2. The van der Waals surface area contributed by atoms with Gasteiger partial charge in [0, 0.05) is 31.9 Å². The zero-order chi connectivity index (χ0) is 14.4. The third-order valence-electron chi connectivity index (χ3n) is 4.14. The van der Waals surface area contributed by atoms with Gasteiger partial charge in [-0.3, -0.25) is 4.98 Å². The van der Waals surface area contributed by atoms with Gasteiger partial charge in [-0.1, -0.05) is 13.8 Å². The van der Waals surface area contributed by atoms with Crippen molar-refractivity contribution in [3.63, 3.8) is 0 Å². The van der Waals surface area contributed by atoms with Gasteiger partial charge in [-0.2, -0.15) is 0 Å². The number of nitrogens with zero attached hydrogens (tertiary/aromatic N) is 3. The van der Waals surface area contributed by atoms with Gasteiger partial charge >= 0.3 is 0 Å². The van der Waals surface area contributed by atoms with Crippen LogP contribution in [0.1, 0.15) is 32.3 Å². The van der Waals surface area contributed by atoms with E-state index in [-0.39, 0.29) is 0 Å². The summed E-state index contributed by atoms with van der Waals surface area (Å²) in [4.78, 5) is 9.39. The van der Waals surface area contributed by atoms with Gasteiger partial charge in [0.25, 0.3) is 0 Å². The van der Waals surface area contributed by atoms with Gasteiger partial charge < -0.3 is 15.1 Å². The van der Waals surface area contributed by atoms with Crippen LogP contribution in [0.15, 0.2) is 18.5 Å². The molecule has 0 aromatic carbocycles. The molecule has 0 spiro atoms. The Morgan fingerprint density at radius 2 is 2.20 bits per heavy atom. The molecule has 0 aliphatic carbocycles. The molecule has 1 N–H and O–H groups in total. The van der Waals surface area contributed by atoms with Crippen molar-refractivity contribution in [1.82, 2.24) is 15.2 Å². The molecule has 0 bridgehead atoms. The van der Waals surface area contributed by atoms with Gasteiger partial charge in [0.15, 0.2) is 0 Å². The summed E-state index contributed by atoms with van der Waals surface area (Å²) < 4.78 is 0. The van der Waals surface area contributed by atoms with E-state index in [0.29, 0.717) is 6.04 Å². The average Bonchev–Trinajstić information content (AvgIpc) is 2.66. The van der Waals surface area contributed by atoms with Crippen molar-refractivity contribution in [3.8, 4) is 0 Å². The first-order chi connectivity index (χ1) is 9.76. The number of nitrogens with one attached hydrogen (secondary N) is 1. The van der Waals surface area contributed by atoms with Crippen molar-refractivity contribution in [3.05, 3.63) is 24.0 Å². The quantitative estimate of drug-likeness (QED) is 0.892. The molecule has 0 amide bonds. The van der Waals surface area contributed by atoms with Crippen LogP contribution < -0.4 is 10.2 Å². The summed E-state index contributed by atoms with van der Waals surface area (Å²) in [5.41, 5.74) is 2.68. The summed E-state index contributed by atoms with van der Waals surface area (Å²) in [5.74, 6) is 0. The topological polar surface area (TPSA) is 31.4 Å². The van der Waals surface area contributed by atoms with Crippen LogP contribution in [0, 0.1) is 0 Å². The normalized spacial score (nSPS) is 20.9. The average molecular weight is 276 g/mol. The molecule has 4 heteroatoms. The maximum Gasteiger partial charge on any atom is 0.0601 e. The first-order valence-electron chi connectivity index (χ1n) is 7.85. The van der Waals surface area contributed by atoms with Crippen molar-refractivity contribution in [2.45, 2.75) is 39.3 Å². The first kappa shape index (κ1) is 15.3. The molecule has 1 fully saturated rings. The van der Waals surface area contributed by atoms with E-state index in [2.05, 4.69) is 47.1 Å². The second-order valence-electron chi connectivity index (χ2n) is 5.66. The molecule has 0 radical (unpaired) electrons. The number of pyridine rings is 1. The van der Waals surface area contributed by atoms with E-state index in [1.165, 1.54) is 30.6 Å². The van der Waals surface area contributed by atoms with Crippen LogP contribution in [0.25, 0.3) is 0 Å². The molecule has 112 valence electrons. The molecule has 1 unspecified atom stereocenters. The van der Waals surface area contributed by atoms with E-state index in [1.54, 1.807) is 0 Å². The lowest BCUT2D eigenvalue weighted by atomic mass is 10.1. The van der Waals surface area contributed by atoms with Crippen LogP contribution in [0.3, 0.4) is 0 Å². The number of rotatable bonds is 5. The Balaban J connectivity index is 2.23. The molecule has 1 aromatic rings. The highest BCUT2D eigenvalue weighted by Crippen LogP contribution is 2.25. The van der Waals surface area contributed by atoms with Crippen LogP contribution in [0.4, 0.5) is 5.69 Å². The van der Waals surface area contributed by atoms with Gasteiger partial charge in [-0.15, -0.1) is 0 Å². The number of aromatic nitrogens is 1. The molecule has 20 heavy (non-hydrogen) atoms. The van der Waals surface area contributed by atoms with E-state index < -0.39 is 0 Å². The highest BCUT2D eigenvalue weighted by Gasteiger charge is 2.23. The number of anilines is 1. The molecule has 2 heterocycles. The second-order valence-corrected chi connectivity index (χ2v) is 5.66. The van der Waals surface area contributed by atoms with Crippen molar-refractivity contribution >= 4 is 5.69 Å². The monoisotopic (exact) mass is 276 g/mol. The fraction of sp³-hybridized carbons (Fsp3) is 0.688. The van der Waals surface area contributed by atoms with Crippen LogP contribution in [0.2, 0.25) is 0 Å². The van der Waals surface area contributed by atoms with E-state index in [9.17, 15) is 0 Å². The van der Waals surface area contributed by atoms with Gasteiger partial charge in [-0.25, -0.2) is 0 Å². The van der Waals surface area contributed by atoms with Gasteiger partial charge in [0.05, 0.1) is 11.9 Å². The molecular formula is C16H28N4. The summed E-state index contributed by atoms with van der Waals surface area (Å²) >= 11 is 0. The Morgan fingerprint density at radius 3 is 2.95 bits per heavy atom. The van der Waals surface area contributed by atoms with E-state index in [1.807, 2.05) is 12.4 Å². The molecule has 1 aliphatic heterocycles. The fourth-order valence-corrected chi connectivity index (χ4v) is 2.99. The molecule has 1 aromatic heterocycles. The zero-order valence-corrected chi connectivity index (χ0v) is 13.1. The predicted octanol–water partition coefficient (Wildman–Crippen LogP) is 2.11. The van der Waals surface area contributed by atoms with E-state index >= 15 is 0 Å². The molecule has 1 saturated heterocycles. The molecule has 2 rings (SSSR count). The van der Waals surface area contributed by atoms with Gasteiger partial charge in [-0.05, 0) is 44.6 Å². The summed E-state index contributed by atoms with van der Waals surface area (Å²) in [6, 6.07) is 2.74. The van der Waals surface area contributed by atoms with Crippen LogP contribution >= 0.6 is 0 Å². The third kappa shape index (κ3) is 3.70. The Labute approximate surface area is 123 Å². The number of hydrogen-bond acceptors (Lipinski definition) is 4. The number of hydrogen-bond donors (Lipinski definition) is 1. The Morgan fingerprint density at radius 1 is 1.35 bits per heavy atom. The van der Waals surface area contributed by atoms with Crippen LogP contribution in [-0.2, 0) is 6.54 Å². The van der Waals surface area contributed by atoms with Crippen molar-refractivity contribution in [2.24, 2.45) is 0 Å². The van der Waals surface area contributed by atoms with Crippen molar-refractivity contribution in [1.29, 1.82) is 0 Å². The summed E-state index contributed by atoms with van der Waals surface area (Å²) in [6.07, 6.45) is 6.35. The Hall–Kier alpha value is -1.13.